The highest BCUT2D eigenvalue weighted by Crippen LogP contribution is 2.39. The first-order valence-corrected chi connectivity index (χ1v) is 13.7. The van der Waals surface area contributed by atoms with Crippen LogP contribution in [0.15, 0.2) is 30.9 Å². The zero-order valence-electron chi connectivity index (χ0n) is 16.8. The fourth-order valence-corrected chi connectivity index (χ4v) is 8.95. The van der Waals surface area contributed by atoms with Gasteiger partial charge < -0.3 is 0 Å². The third kappa shape index (κ3) is 6.27. The van der Waals surface area contributed by atoms with E-state index in [1.807, 2.05) is 0 Å². The van der Waals surface area contributed by atoms with Gasteiger partial charge in [0.05, 0.1) is 0 Å². The fourth-order valence-electron chi connectivity index (χ4n) is 5.38. The van der Waals surface area contributed by atoms with E-state index in [0.717, 1.165) is 30.2 Å². The summed E-state index contributed by atoms with van der Waals surface area (Å²) in [5.74, 6) is 0.837. The molecule has 0 bridgehead atoms. The first kappa shape index (κ1) is 20.8. The SMILES string of the molecule is C=CCCC[Si@H]1CC[C@H](CC[C@H]2CC[C@H](c3ccc(F)c(F)c3)CC2)CC1. The van der Waals surface area contributed by atoms with Crippen LogP contribution < -0.4 is 0 Å². The van der Waals surface area contributed by atoms with Crippen molar-refractivity contribution in [3.63, 3.8) is 0 Å². The molecule has 0 spiro atoms. The fraction of sp³-hybridized carbons (Fsp3) is 0.667. The highest BCUT2D eigenvalue weighted by Gasteiger charge is 2.26. The largest absolute Gasteiger partial charge is 0.204 e. The average molecular weight is 391 g/mol. The first-order chi connectivity index (χ1) is 13.2. The molecule has 27 heavy (non-hydrogen) atoms. The van der Waals surface area contributed by atoms with E-state index in [9.17, 15) is 8.78 Å². The Kier molecular flexibility index (Phi) is 8.11. The van der Waals surface area contributed by atoms with Gasteiger partial charge in [-0.25, -0.2) is 8.78 Å². The van der Waals surface area contributed by atoms with Gasteiger partial charge in [0.2, 0.25) is 0 Å². The van der Waals surface area contributed by atoms with Gasteiger partial charge >= 0.3 is 0 Å². The second-order valence-corrected chi connectivity index (χ2v) is 12.5. The monoisotopic (exact) mass is 390 g/mol. The Labute approximate surface area is 166 Å². The summed E-state index contributed by atoms with van der Waals surface area (Å²) in [5.41, 5.74) is 0.993. The number of unbranched alkanes of at least 4 members (excludes halogenated alkanes) is 1. The summed E-state index contributed by atoms with van der Waals surface area (Å²) in [7, 11) is -0.412. The van der Waals surface area contributed by atoms with Crippen molar-refractivity contribution in [1.29, 1.82) is 0 Å². The van der Waals surface area contributed by atoms with Crippen LogP contribution in [-0.4, -0.2) is 8.80 Å². The third-order valence-electron chi connectivity index (χ3n) is 7.23. The molecule has 0 aromatic heterocycles. The van der Waals surface area contributed by atoms with Crippen LogP contribution >= 0.6 is 0 Å². The second-order valence-electron chi connectivity index (χ2n) is 9.07. The third-order valence-corrected chi connectivity index (χ3v) is 10.8. The molecule has 1 aliphatic carbocycles. The van der Waals surface area contributed by atoms with Crippen molar-refractivity contribution in [3.05, 3.63) is 48.1 Å². The summed E-state index contributed by atoms with van der Waals surface area (Å²) in [6.45, 7) is 3.84. The van der Waals surface area contributed by atoms with E-state index in [-0.39, 0.29) is 0 Å². The van der Waals surface area contributed by atoms with E-state index in [1.165, 1.54) is 69.5 Å². The lowest BCUT2D eigenvalue weighted by atomic mass is 9.76. The first-order valence-electron chi connectivity index (χ1n) is 11.2. The maximum atomic E-state index is 13.5. The van der Waals surface area contributed by atoms with E-state index < -0.39 is 20.4 Å². The maximum Gasteiger partial charge on any atom is 0.159 e. The molecule has 0 atom stereocenters. The Bertz CT molecular complexity index is 584. The van der Waals surface area contributed by atoms with Crippen LogP contribution in [0.5, 0.6) is 0 Å². The minimum Gasteiger partial charge on any atom is -0.204 e. The Hall–Kier alpha value is -0.963. The van der Waals surface area contributed by atoms with Crippen LogP contribution in [0, 0.1) is 23.5 Å². The lowest BCUT2D eigenvalue weighted by molar-refractivity contribution is 0.280. The number of halogens is 2. The molecule has 0 unspecified atom stereocenters. The van der Waals surface area contributed by atoms with Crippen molar-refractivity contribution in [2.75, 3.05) is 0 Å². The molecule has 0 N–H and O–H groups in total. The molecule has 1 aromatic carbocycles. The van der Waals surface area contributed by atoms with Gasteiger partial charge in [0.15, 0.2) is 11.6 Å². The van der Waals surface area contributed by atoms with Crippen LogP contribution in [-0.2, 0) is 0 Å². The summed E-state index contributed by atoms with van der Waals surface area (Å²) < 4.78 is 26.6. The summed E-state index contributed by atoms with van der Waals surface area (Å²) in [6, 6.07) is 9.16. The molecule has 150 valence electrons. The normalized spacial score (nSPS) is 28.8. The molecule has 2 fully saturated rings. The maximum absolute atomic E-state index is 13.5. The van der Waals surface area contributed by atoms with Crippen LogP contribution in [0.2, 0.25) is 18.1 Å². The Morgan fingerprint density at radius 1 is 0.926 bits per heavy atom. The Balaban J connectivity index is 1.33. The van der Waals surface area contributed by atoms with Crippen molar-refractivity contribution in [1.82, 2.24) is 0 Å². The minimum atomic E-state index is -0.731. The molecule has 1 saturated heterocycles. The van der Waals surface area contributed by atoms with E-state index in [2.05, 4.69) is 12.7 Å². The van der Waals surface area contributed by atoms with Crippen molar-refractivity contribution in [3.8, 4) is 0 Å². The highest BCUT2D eigenvalue weighted by atomic mass is 28.3. The Morgan fingerprint density at radius 2 is 1.59 bits per heavy atom. The van der Waals surface area contributed by atoms with Gasteiger partial charge in [-0.05, 0) is 67.6 Å². The van der Waals surface area contributed by atoms with E-state index in [4.69, 9.17) is 0 Å². The molecule has 1 aliphatic heterocycles. The quantitative estimate of drug-likeness (QED) is 0.243. The van der Waals surface area contributed by atoms with Crippen LogP contribution in [0.3, 0.4) is 0 Å². The smallest absolute Gasteiger partial charge is 0.159 e. The predicted octanol–water partition coefficient (Wildman–Crippen LogP) is 7.62. The standard InChI is InChI=1S/C24H36F2Si/c1-2-3-4-15-27-16-13-20(14-17-27)6-5-19-7-9-21(10-8-19)22-11-12-23(25)24(26)18-22/h2,11-12,18-21,27H,1,3-10,13-17H2/t19-,20-,21-,27-. The highest BCUT2D eigenvalue weighted by molar-refractivity contribution is 6.58. The molecular weight excluding hydrogens is 354 g/mol. The minimum absolute atomic E-state index is 0.412. The summed E-state index contributed by atoms with van der Waals surface area (Å²) in [4.78, 5) is 0. The molecule has 1 heterocycles. The van der Waals surface area contributed by atoms with Crippen LogP contribution in [0.25, 0.3) is 0 Å². The molecule has 1 saturated carbocycles. The number of benzene rings is 1. The zero-order chi connectivity index (χ0) is 19.1. The number of hydrogen-bond donors (Lipinski definition) is 0. The molecule has 3 rings (SSSR count). The van der Waals surface area contributed by atoms with E-state index in [1.54, 1.807) is 18.2 Å². The molecule has 1 aromatic rings. The lowest BCUT2D eigenvalue weighted by Gasteiger charge is -2.32. The average Bonchev–Trinajstić information content (AvgIpc) is 2.70. The number of hydrogen-bond acceptors (Lipinski definition) is 0. The number of allylic oxidation sites excluding steroid dienone is 1. The zero-order valence-corrected chi connectivity index (χ0v) is 17.9. The molecule has 3 heteroatoms. The molecule has 2 aliphatic rings. The Morgan fingerprint density at radius 3 is 2.22 bits per heavy atom. The predicted molar refractivity (Wildman–Crippen MR) is 114 cm³/mol. The molecule has 0 nitrogen and oxygen atoms in total. The summed E-state index contributed by atoms with van der Waals surface area (Å²) in [5, 5.41) is 0. The van der Waals surface area contributed by atoms with Gasteiger partial charge in [-0.2, -0.15) is 0 Å². The second kappa shape index (κ2) is 10.5. The van der Waals surface area contributed by atoms with Gasteiger partial charge in [0, 0.05) is 8.80 Å². The van der Waals surface area contributed by atoms with Gasteiger partial charge in [0.25, 0.3) is 0 Å². The summed E-state index contributed by atoms with van der Waals surface area (Å²) in [6.07, 6.45) is 15.3. The van der Waals surface area contributed by atoms with Crippen molar-refractivity contribution in [2.45, 2.75) is 88.3 Å². The van der Waals surface area contributed by atoms with E-state index in [0.29, 0.717) is 5.92 Å². The van der Waals surface area contributed by atoms with Gasteiger partial charge in [-0.1, -0.05) is 62.4 Å². The van der Waals surface area contributed by atoms with Crippen molar-refractivity contribution >= 4 is 8.80 Å². The van der Waals surface area contributed by atoms with Crippen molar-refractivity contribution < 1.29 is 8.78 Å². The van der Waals surface area contributed by atoms with Crippen LogP contribution in [0.1, 0.15) is 75.7 Å². The summed E-state index contributed by atoms with van der Waals surface area (Å²) >= 11 is 0. The van der Waals surface area contributed by atoms with Crippen LogP contribution in [0.4, 0.5) is 8.78 Å². The molecule has 0 amide bonds. The number of rotatable bonds is 8. The van der Waals surface area contributed by atoms with Gasteiger partial charge in [-0.3, -0.25) is 0 Å². The van der Waals surface area contributed by atoms with E-state index >= 15 is 0 Å². The van der Waals surface area contributed by atoms with Gasteiger partial charge in [-0.15, -0.1) is 6.58 Å². The topological polar surface area (TPSA) is 0 Å². The molecular formula is C24H36F2Si. The van der Waals surface area contributed by atoms with Gasteiger partial charge in [0.1, 0.15) is 0 Å². The van der Waals surface area contributed by atoms with Crippen molar-refractivity contribution in [2.24, 2.45) is 11.8 Å². The lowest BCUT2D eigenvalue weighted by Crippen LogP contribution is -2.22. The molecule has 0 radical (unpaired) electrons.